The molecule has 2 unspecified atom stereocenters. The van der Waals surface area contributed by atoms with Crippen molar-refractivity contribution >= 4 is 16.6 Å². The first-order chi connectivity index (χ1) is 14.8. The number of rotatable bonds is 6. The topological polar surface area (TPSA) is 48.7 Å². The molecule has 2 aromatic rings. The first-order valence-corrected chi connectivity index (χ1v) is 10.0. The van der Waals surface area contributed by atoms with E-state index in [4.69, 9.17) is 0 Å². The Kier molecular flexibility index (Phi) is 6.67. The summed E-state index contributed by atoms with van der Waals surface area (Å²) < 4.78 is 80.3. The monoisotopic (exact) mass is 459 g/mol. The summed E-state index contributed by atoms with van der Waals surface area (Å²) in [7, 11) is 1.66. The number of pyridine rings is 1. The van der Waals surface area contributed by atoms with Crippen molar-refractivity contribution in [3.8, 4) is 0 Å². The van der Waals surface area contributed by atoms with E-state index in [0.717, 1.165) is 23.8 Å². The molecule has 0 bridgehead atoms. The van der Waals surface area contributed by atoms with Gasteiger partial charge < -0.3 is 5.11 Å². The maximum absolute atomic E-state index is 13.4. The number of nitrogens with zero attached hydrogens (tertiary/aromatic N) is 3. The van der Waals surface area contributed by atoms with Crippen LogP contribution in [0.2, 0.25) is 0 Å². The van der Waals surface area contributed by atoms with Gasteiger partial charge in [-0.1, -0.05) is 19.1 Å². The number of aromatic nitrogens is 1. The molecule has 4 nitrogen and oxygen atoms in total. The zero-order chi connectivity index (χ0) is 23.8. The van der Waals surface area contributed by atoms with Gasteiger partial charge in [0.05, 0.1) is 23.2 Å². The van der Waals surface area contributed by atoms with Crippen LogP contribution in [-0.4, -0.2) is 46.9 Å². The highest BCUT2D eigenvalue weighted by Gasteiger charge is 2.38. The van der Waals surface area contributed by atoms with Crippen LogP contribution < -0.4 is 0 Å². The molecular weight excluding hydrogens is 436 g/mol. The molecule has 0 saturated heterocycles. The van der Waals surface area contributed by atoms with Crippen LogP contribution in [0.4, 0.5) is 26.3 Å². The first-order valence-electron chi connectivity index (χ1n) is 10.0. The summed E-state index contributed by atoms with van der Waals surface area (Å²) in [6.07, 6.45) is -8.57. The van der Waals surface area contributed by atoms with E-state index in [0.29, 0.717) is 18.7 Å². The molecule has 0 spiro atoms. The fourth-order valence-corrected chi connectivity index (χ4v) is 3.86. The quantitative estimate of drug-likeness (QED) is 0.587. The predicted octanol–water partition coefficient (Wildman–Crippen LogP) is 5.42. The summed E-state index contributed by atoms with van der Waals surface area (Å²) >= 11 is 0. The van der Waals surface area contributed by atoms with Crippen molar-refractivity contribution in [3.63, 3.8) is 0 Å². The minimum absolute atomic E-state index is 0.0857. The smallest absolute Gasteiger partial charge is 0.387 e. The molecule has 1 aliphatic heterocycles. The Hall–Kier alpha value is -2.46. The largest absolute Gasteiger partial charge is 0.433 e. The van der Waals surface area contributed by atoms with Crippen molar-refractivity contribution in [2.45, 2.75) is 44.8 Å². The van der Waals surface area contributed by atoms with Gasteiger partial charge in [-0.2, -0.15) is 26.3 Å². The maximum Gasteiger partial charge on any atom is 0.433 e. The number of aliphatic hydroxyl groups excluding tert-OH is 1. The molecule has 1 N–H and O–H groups in total. The molecule has 0 radical (unpaired) electrons. The zero-order valence-electron chi connectivity index (χ0n) is 17.7. The Balaban J connectivity index is 1.96. The molecule has 0 aliphatic carbocycles. The molecule has 1 aromatic heterocycles. The number of hydrogen-bond acceptors (Lipinski definition) is 4. The molecule has 0 amide bonds. The third kappa shape index (κ3) is 5.12. The van der Waals surface area contributed by atoms with Crippen LogP contribution in [0, 0.1) is 0 Å². The lowest BCUT2D eigenvalue weighted by molar-refractivity contribution is -0.142. The Labute approximate surface area is 181 Å². The number of likely N-dealkylation sites (N-methyl/N-ethyl adjacent to an activating group) is 1. The molecule has 174 valence electrons. The SMILES string of the molecule is CCC1N=C(CN(C)CC(O)c2cc(C(F)(F)F)nc3c(C(F)(F)F)cccc23)C=C1C. The summed E-state index contributed by atoms with van der Waals surface area (Å²) in [5, 5.41) is 10.6. The van der Waals surface area contributed by atoms with E-state index in [1.807, 2.05) is 19.9 Å². The predicted molar refractivity (Wildman–Crippen MR) is 109 cm³/mol. The molecular formula is C22H23F6N3O. The van der Waals surface area contributed by atoms with Gasteiger partial charge in [0.15, 0.2) is 0 Å². The van der Waals surface area contributed by atoms with Gasteiger partial charge in [0.25, 0.3) is 0 Å². The van der Waals surface area contributed by atoms with Crippen molar-refractivity contribution in [3.05, 3.63) is 52.7 Å². The number of alkyl halides is 6. The van der Waals surface area contributed by atoms with E-state index in [2.05, 4.69) is 9.98 Å². The Morgan fingerprint density at radius 2 is 1.81 bits per heavy atom. The maximum atomic E-state index is 13.4. The third-order valence-corrected chi connectivity index (χ3v) is 5.37. The number of fused-ring (bicyclic) bond motifs is 1. The Morgan fingerprint density at radius 1 is 1.12 bits per heavy atom. The van der Waals surface area contributed by atoms with E-state index < -0.39 is 35.2 Å². The zero-order valence-corrected chi connectivity index (χ0v) is 17.7. The lowest BCUT2D eigenvalue weighted by Gasteiger charge is -2.23. The van der Waals surface area contributed by atoms with Crippen molar-refractivity contribution in [2.24, 2.45) is 4.99 Å². The number of aliphatic hydroxyl groups is 1. The first kappa shape index (κ1) is 24.2. The van der Waals surface area contributed by atoms with Gasteiger partial charge in [0.2, 0.25) is 0 Å². The van der Waals surface area contributed by atoms with Crippen molar-refractivity contribution in [2.75, 3.05) is 20.1 Å². The summed E-state index contributed by atoms with van der Waals surface area (Å²) in [4.78, 5) is 9.47. The van der Waals surface area contributed by atoms with Crippen LogP contribution in [0.5, 0.6) is 0 Å². The van der Waals surface area contributed by atoms with Crippen molar-refractivity contribution in [1.29, 1.82) is 0 Å². The van der Waals surface area contributed by atoms with Crippen LogP contribution in [0.3, 0.4) is 0 Å². The van der Waals surface area contributed by atoms with Crippen LogP contribution in [0.15, 0.2) is 40.9 Å². The van der Waals surface area contributed by atoms with E-state index in [-0.39, 0.29) is 23.5 Å². The number of para-hydroxylation sites is 1. The third-order valence-electron chi connectivity index (χ3n) is 5.37. The minimum Gasteiger partial charge on any atom is -0.387 e. The normalized spacial score (nSPS) is 18.3. The van der Waals surface area contributed by atoms with Gasteiger partial charge >= 0.3 is 12.4 Å². The number of benzene rings is 1. The second-order valence-corrected chi connectivity index (χ2v) is 7.94. The molecule has 10 heteroatoms. The van der Waals surface area contributed by atoms with Crippen LogP contribution in [0.25, 0.3) is 10.9 Å². The van der Waals surface area contributed by atoms with Crippen molar-refractivity contribution in [1.82, 2.24) is 9.88 Å². The lowest BCUT2D eigenvalue weighted by atomic mass is 9.99. The standard InChI is InChI=1S/C22H23F6N3O/c1-4-17-12(2)8-13(29-17)10-31(3)11-18(32)15-9-19(22(26,27)28)30-20-14(15)6-5-7-16(20)21(23,24)25/h5-9,17-18,32H,4,10-11H2,1-3H3. The number of halogens is 6. The van der Waals surface area contributed by atoms with Crippen LogP contribution >= 0.6 is 0 Å². The van der Waals surface area contributed by atoms with Crippen LogP contribution in [0.1, 0.15) is 43.2 Å². The highest BCUT2D eigenvalue weighted by molar-refractivity contribution is 5.99. The van der Waals surface area contributed by atoms with Crippen molar-refractivity contribution < 1.29 is 31.4 Å². The van der Waals surface area contributed by atoms with Gasteiger partial charge in [0, 0.05) is 24.2 Å². The minimum atomic E-state index is -4.97. The van der Waals surface area contributed by atoms with Gasteiger partial charge in [0.1, 0.15) is 5.69 Å². The Morgan fingerprint density at radius 3 is 2.38 bits per heavy atom. The summed E-state index contributed by atoms with van der Waals surface area (Å²) in [6, 6.07) is 3.70. The summed E-state index contributed by atoms with van der Waals surface area (Å²) in [5.74, 6) is 0. The molecule has 1 aliphatic rings. The second-order valence-electron chi connectivity index (χ2n) is 7.94. The lowest BCUT2D eigenvalue weighted by Crippen LogP contribution is -2.29. The van der Waals surface area contributed by atoms with E-state index in [1.165, 1.54) is 6.07 Å². The van der Waals surface area contributed by atoms with Gasteiger partial charge in [-0.25, -0.2) is 4.98 Å². The highest BCUT2D eigenvalue weighted by Crippen LogP contribution is 2.39. The number of aliphatic imine (C=N–C) groups is 1. The van der Waals surface area contributed by atoms with Gasteiger partial charge in [-0.3, -0.25) is 9.89 Å². The fourth-order valence-electron chi connectivity index (χ4n) is 3.86. The van der Waals surface area contributed by atoms with E-state index in [9.17, 15) is 31.4 Å². The van der Waals surface area contributed by atoms with Gasteiger partial charge in [-0.05, 0) is 49.7 Å². The molecule has 2 heterocycles. The summed E-state index contributed by atoms with van der Waals surface area (Å²) in [5.41, 5.74) is -1.98. The second kappa shape index (κ2) is 8.82. The van der Waals surface area contributed by atoms with Gasteiger partial charge in [-0.15, -0.1) is 0 Å². The Bertz CT molecular complexity index is 1060. The van der Waals surface area contributed by atoms with E-state index >= 15 is 0 Å². The average Bonchev–Trinajstić information content (AvgIpc) is 3.03. The summed E-state index contributed by atoms with van der Waals surface area (Å²) in [6.45, 7) is 4.20. The number of hydrogen-bond donors (Lipinski definition) is 1. The fraction of sp³-hybridized carbons (Fsp3) is 0.455. The average molecular weight is 459 g/mol. The molecule has 0 saturated carbocycles. The molecule has 1 aromatic carbocycles. The molecule has 0 fully saturated rings. The molecule has 32 heavy (non-hydrogen) atoms. The highest BCUT2D eigenvalue weighted by atomic mass is 19.4. The molecule has 3 rings (SSSR count). The van der Waals surface area contributed by atoms with Crippen LogP contribution in [-0.2, 0) is 12.4 Å². The molecule has 2 atom stereocenters. The van der Waals surface area contributed by atoms with E-state index in [1.54, 1.807) is 11.9 Å².